The van der Waals surface area contributed by atoms with E-state index in [-0.39, 0.29) is 11.4 Å². The molecule has 4 nitrogen and oxygen atoms in total. The number of carbonyl (C=O) groups excluding carboxylic acids is 1. The van der Waals surface area contributed by atoms with E-state index in [0.717, 1.165) is 12.8 Å². The molecule has 1 aromatic carbocycles. The molecule has 19 heavy (non-hydrogen) atoms. The van der Waals surface area contributed by atoms with Gasteiger partial charge in [0.1, 0.15) is 5.75 Å². The minimum absolute atomic E-state index is 0.118. The second kappa shape index (κ2) is 6.45. The lowest BCUT2D eigenvalue weighted by molar-refractivity contribution is 0.0919. The zero-order chi connectivity index (χ0) is 14.5. The van der Waals surface area contributed by atoms with Crippen LogP contribution in [-0.2, 0) is 0 Å². The predicted octanol–water partition coefficient (Wildman–Crippen LogP) is 2.98. The number of carbonyl (C=O) groups is 1. The molecule has 0 radical (unpaired) electrons. The number of nitrogens with two attached hydrogens (primary N) is 1. The Labute approximate surface area is 115 Å². The lowest BCUT2D eigenvalue weighted by atomic mass is 10.1. The number of hydrogen-bond acceptors (Lipinski definition) is 3. The normalized spacial score (nSPS) is 11.2. The number of amides is 1. The van der Waals surface area contributed by atoms with Crippen molar-refractivity contribution in [2.45, 2.75) is 46.1 Å². The predicted molar refractivity (Wildman–Crippen MR) is 78.5 cm³/mol. The molecule has 0 heterocycles. The summed E-state index contributed by atoms with van der Waals surface area (Å²) in [4.78, 5) is 12.0. The third-order valence-electron chi connectivity index (χ3n) is 2.52. The van der Waals surface area contributed by atoms with E-state index in [9.17, 15) is 4.79 Å². The standard InChI is InChI=1S/C15H24N2O2/c1-5-6-9-19-13-10-11(7-8-12(13)16)14(18)17-15(2,3)4/h7-8,10H,5-6,9,16H2,1-4H3,(H,17,18). The van der Waals surface area contributed by atoms with Gasteiger partial charge in [-0.25, -0.2) is 0 Å². The Morgan fingerprint density at radius 1 is 1.37 bits per heavy atom. The van der Waals surface area contributed by atoms with Crippen molar-refractivity contribution in [3.63, 3.8) is 0 Å². The third-order valence-corrected chi connectivity index (χ3v) is 2.52. The maximum absolute atomic E-state index is 12.0. The SMILES string of the molecule is CCCCOc1cc(C(=O)NC(C)(C)C)ccc1N. The summed E-state index contributed by atoms with van der Waals surface area (Å²) in [7, 11) is 0. The molecule has 0 aliphatic heterocycles. The summed E-state index contributed by atoms with van der Waals surface area (Å²) < 4.78 is 5.59. The molecule has 1 amide bonds. The van der Waals surface area contributed by atoms with Crippen molar-refractivity contribution in [3.05, 3.63) is 23.8 Å². The molecule has 0 fully saturated rings. The molecule has 1 aromatic rings. The van der Waals surface area contributed by atoms with Crippen molar-refractivity contribution < 1.29 is 9.53 Å². The lowest BCUT2D eigenvalue weighted by Crippen LogP contribution is -2.40. The molecule has 0 unspecified atom stereocenters. The highest BCUT2D eigenvalue weighted by Gasteiger charge is 2.16. The first-order valence-electron chi connectivity index (χ1n) is 6.68. The smallest absolute Gasteiger partial charge is 0.251 e. The van der Waals surface area contributed by atoms with Gasteiger partial charge in [0.05, 0.1) is 12.3 Å². The maximum atomic E-state index is 12.0. The molecular weight excluding hydrogens is 240 g/mol. The average Bonchev–Trinajstić information content (AvgIpc) is 2.29. The van der Waals surface area contributed by atoms with Crippen LogP contribution >= 0.6 is 0 Å². The maximum Gasteiger partial charge on any atom is 0.251 e. The number of ether oxygens (including phenoxy) is 1. The summed E-state index contributed by atoms with van der Waals surface area (Å²) in [5, 5.41) is 2.91. The first-order chi connectivity index (χ1) is 8.83. The van der Waals surface area contributed by atoms with Crippen molar-refractivity contribution >= 4 is 11.6 Å². The van der Waals surface area contributed by atoms with Gasteiger partial charge in [-0.1, -0.05) is 13.3 Å². The van der Waals surface area contributed by atoms with Crippen LogP contribution in [0.3, 0.4) is 0 Å². The van der Waals surface area contributed by atoms with E-state index in [1.165, 1.54) is 0 Å². The van der Waals surface area contributed by atoms with E-state index in [1.54, 1.807) is 18.2 Å². The lowest BCUT2D eigenvalue weighted by Gasteiger charge is -2.20. The molecule has 0 bridgehead atoms. The molecule has 1 rings (SSSR count). The molecule has 0 aromatic heterocycles. The number of rotatable bonds is 5. The summed E-state index contributed by atoms with van der Waals surface area (Å²) in [6.45, 7) is 8.55. The van der Waals surface area contributed by atoms with Crippen LogP contribution in [0.25, 0.3) is 0 Å². The van der Waals surface area contributed by atoms with Gasteiger partial charge in [-0.3, -0.25) is 4.79 Å². The molecular formula is C15H24N2O2. The zero-order valence-electron chi connectivity index (χ0n) is 12.2. The second-order valence-electron chi connectivity index (χ2n) is 5.66. The molecule has 0 aliphatic rings. The summed E-state index contributed by atoms with van der Waals surface area (Å²) in [5.74, 6) is 0.461. The monoisotopic (exact) mass is 264 g/mol. The van der Waals surface area contributed by atoms with Gasteiger partial charge in [0.15, 0.2) is 0 Å². The summed E-state index contributed by atoms with van der Waals surface area (Å²) in [6.07, 6.45) is 2.03. The van der Waals surface area contributed by atoms with Crippen LogP contribution in [0.15, 0.2) is 18.2 Å². The number of anilines is 1. The van der Waals surface area contributed by atoms with E-state index < -0.39 is 0 Å². The Morgan fingerprint density at radius 3 is 2.63 bits per heavy atom. The topological polar surface area (TPSA) is 64.3 Å². The molecule has 0 saturated carbocycles. The number of nitrogens with one attached hydrogen (secondary N) is 1. The minimum atomic E-state index is -0.262. The van der Waals surface area contributed by atoms with Gasteiger partial charge in [-0.05, 0) is 45.4 Å². The van der Waals surface area contributed by atoms with Gasteiger partial charge in [0, 0.05) is 11.1 Å². The van der Waals surface area contributed by atoms with E-state index >= 15 is 0 Å². The van der Waals surface area contributed by atoms with Crippen LogP contribution in [0.2, 0.25) is 0 Å². The Bertz CT molecular complexity index is 436. The van der Waals surface area contributed by atoms with Crippen molar-refractivity contribution in [3.8, 4) is 5.75 Å². The van der Waals surface area contributed by atoms with Gasteiger partial charge >= 0.3 is 0 Å². The van der Waals surface area contributed by atoms with Crippen LogP contribution in [0, 0.1) is 0 Å². The van der Waals surface area contributed by atoms with E-state index in [4.69, 9.17) is 10.5 Å². The molecule has 0 atom stereocenters. The first kappa shape index (κ1) is 15.3. The first-order valence-corrected chi connectivity index (χ1v) is 6.68. The Hall–Kier alpha value is -1.71. The number of benzene rings is 1. The van der Waals surface area contributed by atoms with Crippen LogP contribution in [0.5, 0.6) is 5.75 Å². The molecule has 3 N–H and O–H groups in total. The molecule has 4 heteroatoms. The van der Waals surface area contributed by atoms with Crippen LogP contribution in [0.1, 0.15) is 50.9 Å². The minimum Gasteiger partial charge on any atom is -0.491 e. The Balaban J connectivity index is 2.80. The highest BCUT2D eigenvalue weighted by molar-refractivity contribution is 5.95. The fourth-order valence-electron chi connectivity index (χ4n) is 1.54. The summed E-state index contributed by atoms with van der Waals surface area (Å²) >= 11 is 0. The quantitative estimate of drug-likeness (QED) is 0.634. The van der Waals surface area contributed by atoms with Crippen molar-refractivity contribution in [2.75, 3.05) is 12.3 Å². The van der Waals surface area contributed by atoms with Gasteiger partial charge in [-0.2, -0.15) is 0 Å². The third kappa shape index (κ3) is 5.20. The summed E-state index contributed by atoms with van der Waals surface area (Å²) in [6, 6.07) is 5.12. The fourth-order valence-corrected chi connectivity index (χ4v) is 1.54. The van der Waals surface area contributed by atoms with Crippen LogP contribution in [-0.4, -0.2) is 18.1 Å². The highest BCUT2D eigenvalue weighted by Crippen LogP contribution is 2.23. The largest absolute Gasteiger partial charge is 0.491 e. The number of unbranched alkanes of at least 4 members (excludes halogenated alkanes) is 1. The van der Waals surface area contributed by atoms with E-state index in [1.807, 2.05) is 20.8 Å². The van der Waals surface area contributed by atoms with Crippen molar-refractivity contribution in [1.82, 2.24) is 5.32 Å². The molecule has 0 saturated heterocycles. The Morgan fingerprint density at radius 2 is 2.05 bits per heavy atom. The Kier molecular flexibility index (Phi) is 5.21. The van der Waals surface area contributed by atoms with Gasteiger partial charge < -0.3 is 15.8 Å². The molecule has 0 spiro atoms. The zero-order valence-corrected chi connectivity index (χ0v) is 12.2. The van der Waals surface area contributed by atoms with Crippen molar-refractivity contribution in [1.29, 1.82) is 0 Å². The summed E-state index contributed by atoms with van der Waals surface area (Å²) in [5.41, 5.74) is 6.70. The van der Waals surface area contributed by atoms with Crippen molar-refractivity contribution in [2.24, 2.45) is 0 Å². The van der Waals surface area contributed by atoms with Gasteiger partial charge in [0.2, 0.25) is 0 Å². The molecule has 0 aliphatic carbocycles. The van der Waals surface area contributed by atoms with E-state index in [0.29, 0.717) is 23.6 Å². The average molecular weight is 264 g/mol. The second-order valence-corrected chi connectivity index (χ2v) is 5.66. The van der Waals surface area contributed by atoms with Crippen LogP contribution in [0.4, 0.5) is 5.69 Å². The van der Waals surface area contributed by atoms with Crippen LogP contribution < -0.4 is 15.8 Å². The molecule has 106 valence electrons. The van der Waals surface area contributed by atoms with Gasteiger partial charge in [0.25, 0.3) is 5.91 Å². The van der Waals surface area contributed by atoms with E-state index in [2.05, 4.69) is 12.2 Å². The number of nitrogen functional groups attached to an aromatic ring is 1. The number of hydrogen-bond donors (Lipinski definition) is 2. The fraction of sp³-hybridized carbons (Fsp3) is 0.533. The highest BCUT2D eigenvalue weighted by atomic mass is 16.5. The van der Waals surface area contributed by atoms with Gasteiger partial charge in [-0.15, -0.1) is 0 Å².